The van der Waals surface area contributed by atoms with Gasteiger partial charge in [0, 0.05) is 17.5 Å². The lowest BCUT2D eigenvalue weighted by Crippen LogP contribution is -1.95. The molecule has 1 aromatic heterocycles. The predicted octanol–water partition coefficient (Wildman–Crippen LogP) is 3.40. The Bertz CT molecular complexity index is 210. The Morgan fingerprint density at radius 3 is 3.17 bits per heavy atom. The molecule has 1 atom stereocenters. The molecule has 1 fully saturated rings. The van der Waals surface area contributed by atoms with Crippen molar-refractivity contribution in [1.82, 2.24) is 4.98 Å². The Morgan fingerprint density at radius 2 is 2.33 bits per heavy atom. The first-order chi connectivity index (χ1) is 5.97. The molecule has 1 aliphatic carbocycles. The van der Waals surface area contributed by atoms with Gasteiger partial charge in [-0.3, -0.25) is 0 Å². The maximum absolute atomic E-state index is 4.39. The molecule has 1 aliphatic rings. The second kappa shape index (κ2) is 4.04. The van der Waals surface area contributed by atoms with Crippen molar-refractivity contribution in [2.45, 2.75) is 38.0 Å². The van der Waals surface area contributed by atoms with Crippen molar-refractivity contribution < 1.29 is 0 Å². The fourth-order valence-electron chi connectivity index (χ4n) is 1.80. The van der Waals surface area contributed by atoms with Crippen LogP contribution in [0.25, 0.3) is 0 Å². The van der Waals surface area contributed by atoms with Gasteiger partial charge >= 0.3 is 0 Å². The maximum Gasteiger partial charge on any atom is 0.0955 e. The third-order valence-electron chi connectivity index (χ3n) is 2.48. The normalized spacial score (nSPS) is 20.7. The molecule has 0 saturated heterocycles. The molecular weight excluding hydrogens is 166 g/mol. The molecule has 1 saturated carbocycles. The largest absolute Gasteiger partial charge is 0.249 e. The first kappa shape index (κ1) is 8.24. The molecule has 65 valence electrons. The van der Waals surface area contributed by atoms with E-state index in [1.807, 2.05) is 17.5 Å². The molecule has 1 heterocycles. The second-order valence-corrected chi connectivity index (χ2v) is 4.29. The minimum atomic E-state index is 0.753. The first-order valence-electron chi connectivity index (χ1n) is 4.68. The molecule has 2 rings (SSSR count). The zero-order valence-electron chi connectivity index (χ0n) is 7.20. The molecule has 1 nitrogen and oxygen atoms in total. The summed E-state index contributed by atoms with van der Waals surface area (Å²) in [6.07, 6.45) is 10.9. The summed E-state index contributed by atoms with van der Waals surface area (Å²) in [4.78, 5) is 4.39. The zero-order chi connectivity index (χ0) is 8.23. The Kier molecular flexibility index (Phi) is 2.77. The third kappa shape index (κ3) is 1.86. The van der Waals surface area contributed by atoms with Crippen LogP contribution >= 0.6 is 11.3 Å². The van der Waals surface area contributed by atoms with Gasteiger partial charge in [-0.15, -0.1) is 11.3 Å². The van der Waals surface area contributed by atoms with Gasteiger partial charge in [-0.2, -0.15) is 0 Å². The van der Waals surface area contributed by atoms with E-state index in [-0.39, 0.29) is 0 Å². The van der Waals surface area contributed by atoms with Gasteiger partial charge in [0.1, 0.15) is 0 Å². The lowest BCUT2D eigenvalue weighted by atomic mass is 10.0. The van der Waals surface area contributed by atoms with Crippen LogP contribution in [0.1, 0.15) is 43.0 Å². The standard InChI is InChI=1S/C10H14NS/c1-2-4-6-9(5-3-1)10-11-7-8-12-10/h1,7-9H,2-6H2. The zero-order valence-corrected chi connectivity index (χ0v) is 8.02. The van der Waals surface area contributed by atoms with E-state index in [2.05, 4.69) is 16.8 Å². The van der Waals surface area contributed by atoms with Crippen molar-refractivity contribution in [1.29, 1.82) is 0 Å². The molecule has 1 unspecified atom stereocenters. The van der Waals surface area contributed by atoms with Gasteiger partial charge in [-0.1, -0.05) is 12.8 Å². The fourth-order valence-corrected chi connectivity index (χ4v) is 2.61. The number of nitrogens with zero attached hydrogens (tertiary/aromatic N) is 1. The average molecular weight is 180 g/mol. The summed E-state index contributed by atoms with van der Waals surface area (Å²) in [5, 5.41) is 3.44. The highest BCUT2D eigenvalue weighted by molar-refractivity contribution is 7.09. The summed E-state index contributed by atoms with van der Waals surface area (Å²) in [5.41, 5.74) is 0. The molecule has 0 aromatic carbocycles. The number of hydrogen-bond acceptors (Lipinski definition) is 2. The summed E-state index contributed by atoms with van der Waals surface area (Å²) < 4.78 is 0. The summed E-state index contributed by atoms with van der Waals surface area (Å²) >= 11 is 1.81. The third-order valence-corrected chi connectivity index (χ3v) is 3.42. The molecule has 0 spiro atoms. The Labute approximate surface area is 77.8 Å². The van der Waals surface area contributed by atoms with E-state index in [4.69, 9.17) is 0 Å². The summed E-state index contributed by atoms with van der Waals surface area (Å²) in [7, 11) is 0. The topological polar surface area (TPSA) is 12.9 Å². The Hall–Kier alpha value is -0.370. The summed E-state index contributed by atoms with van der Waals surface area (Å²) in [5.74, 6) is 0.753. The van der Waals surface area contributed by atoms with Crippen molar-refractivity contribution in [3.63, 3.8) is 0 Å². The van der Waals surface area contributed by atoms with Crippen LogP contribution in [0.4, 0.5) is 0 Å². The average Bonchev–Trinajstić information content (AvgIpc) is 2.48. The number of hydrogen-bond donors (Lipinski definition) is 0. The van der Waals surface area contributed by atoms with Gasteiger partial charge in [0.15, 0.2) is 0 Å². The summed E-state index contributed by atoms with van der Waals surface area (Å²) in [6.45, 7) is 0. The first-order valence-corrected chi connectivity index (χ1v) is 5.56. The molecule has 0 N–H and O–H groups in total. The highest BCUT2D eigenvalue weighted by atomic mass is 32.1. The summed E-state index contributed by atoms with van der Waals surface area (Å²) in [6, 6.07) is 0. The van der Waals surface area contributed by atoms with Gasteiger partial charge in [0.05, 0.1) is 5.01 Å². The molecule has 2 heteroatoms. The quantitative estimate of drug-likeness (QED) is 0.604. The van der Waals surface area contributed by atoms with E-state index in [9.17, 15) is 0 Å². The van der Waals surface area contributed by atoms with Crippen LogP contribution in [0.3, 0.4) is 0 Å². The minimum Gasteiger partial charge on any atom is -0.249 e. The van der Waals surface area contributed by atoms with E-state index in [0.717, 1.165) is 5.92 Å². The second-order valence-electron chi connectivity index (χ2n) is 3.36. The Morgan fingerprint density at radius 1 is 1.33 bits per heavy atom. The molecule has 0 bridgehead atoms. The maximum atomic E-state index is 4.39. The SMILES string of the molecule is [CH]1CCCC(c2nccs2)CC1. The van der Waals surface area contributed by atoms with Crippen LogP contribution < -0.4 is 0 Å². The van der Waals surface area contributed by atoms with Gasteiger partial charge in [0.2, 0.25) is 0 Å². The number of aromatic nitrogens is 1. The van der Waals surface area contributed by atoms with Gasteiger partial charge in [0.25, 0.3) is 0 Å². The highest BCUT2D eigenvalue weighted by Crippen LogP contribution is 2.31. The molecule has 1 aromatic rings. The van der Waals surface area contributed by atoms with Crippen LogP contribution in [0, 0.1) is 6.42 Å². The highest BCUT2D eigenvalue weighted by Gasteiger charge is 2.15. The molecule has 1 radical (unpaired) electrons. The van der Waals surface area contributed by atoms with E-state index in [1.165, 1.54) is 37.1 Å². The van der Waals surface area contributed by atoms with E-state index < -0.39 is 0 Å². The predicted molar refractivity (Wildman–Crippen MR) is 52.2 cm³/mol. The van der Waals surface area contributed by atoms with E-state index in [0.29, 0.717) is 0 Å². The van der Waals surface area contributed by atoms with Gasteiger partial charge in [-0.25, -0.2) is 4.98 Å². The smallest absolute Gasteiger partial charge is 0.0955 e. The fraction of sp³-hybridized carbons (Fsp3) is 0.600. The van der Waals surface area contributed by atoms with Gasteiger partial charge in [-0.05, 0) is 25.7 Å². The molecule has 12 heavy (non-hydrogen) atoms. The molecule has 0 aliphatic heterocycles. The number of rotatable bonds is 1. The van der Waals surface area contributed by atoms with E-state index in [1.54, 1.807) is 0 Å². The Balaban J connectivity index is 2.02. The molecular formula is C10H14NS. The van der Waals surface area contributed by atoms with Crippen LogP contribution in [0.2, 0.25) is 0 Å². The molecule has 0 amide bonds. The van der Waals surface area contributed by atoms with Crippen molar-refractivity contribution >= 4 is 11.3 Å². The lowest BCUT2D eigenvalue weighted by molar-refractivity contribution is 0.591. The van der Waals surface area contributed by atoms with Crippen LogP contribution in [0.15, 0.2) is 11.6 Å². The van der Waals surface area contributed by atoms with Crippen LogP contribution in [0.5, 0.6) is 0 Å². The van der Waals surface area contributed by atoms with Gasteiger partial charge < -0.3 is 0 Å². The minimum absolute atomic E-state index is 0.753. The van der Waals surface area contributed by atoms with Crippen LogP contribution in [-0.2, 0) is 0 Å². The monoisotopic (exact) mass is 180 g/mol. The lowest BCUT2D eigenvalue weighted by Gasteiger charge is -2.08. The van der Waals surface area contributed by atoms with Crippen LogP contribution in [-0.4, -0.2) is 4.98 Å². The van der Waals surface area contributed by atoms with Crippen molar-refractivity contribution in [3.05, 3.63) is 23.0 Å². The number of thiazole rings is 1. The van der Waals surface area contributed by atoms with Crippen molar-refractivity contribution in [2.24, 2.45) is 0 Å². The van der Waals surface area contributed by atoms with E-state index >= 15 is 0 Å². The van der Waals surface area contributed by atoms with Crippen molar-refractivity contribution in [3.8, 4) is 0 Å². The van der Waals surface area contributed by atoms with Crippen molar-refractivity contribution in [2.75, 3.05) is 0 Å².